The fourth-order valence-electron chi connectivity index (χ4n) is 5.05. The van der Waals surface area contributed by atoms with Crippen molar-refractivity contribution in [3.8, 4) is 5.75 Å². The van der Waals surface area contributed by atoms with Gasteiger partial charge in [0.2, 0.25) is 0 Å². The Kier molecular flexibility index (Phi) is 6.37. The maximum Gasteiger partial charge on any atom is 0.331 e. The number of pyridine rings is 1. The summed E-state index contributed by atoms with van der Waals surface area (Å²) in [7, 11) is 0. The van der Waals surface area contributed by atoms with Gasteiger partial charge in [-0.25, -0.2) is 9.78 Å². The van der Waals surface area contributed by atoms with Crippen LogP contribution in [0.3, 0.4) is 0 Å². The van der Waals surface area contributed by atoms with Crippen molar-refractivity contribution in [2.45, 2.75) is 65.1 Å². The Morgan fingerprint density at radius 1 is 1.26 bits per heavy atom. The molecule has 5 rings (SSSR count). The summed E-state index contributed by atoms with van der Waals surface area (Å²) in [6, 6.07) is 7.80. The number of amides is 3. The first kappa shape index (κ1) is 23.6. The van der Waals surface area contributed by atoms with Gasteiger partial charge in [0.05, 0.1) is 28.6 Å². The Bertz CT molecular complexity index is 1290. The van der Waals surface area contributed by atoms with E-state index in [4.69, 9.17) is 4.74 Å². The number of rotatable bonds is 7. The van der Waals surface area contributed by atoms with Gasteiger partial charge in [-0.05, 0) is 76.4 Å². The van der Waals surface area contributed by atoms with Crippen molar-refractivity contribution in [3.05, 3.63) is 40.9 Å². The van der Waals surface area contributed by atoms with E-state index in [0.717, 1.165) is 58.7 Å². The molecule has 1 aliphatic carbocycles. The number of nitrogens with zero attached hydrogens (tertiary/aromatic N) is 2. The summed E-state index contributed by atoms with van der Waals surface area (Å²) in [6.07, 6.45) is 4.67. The molecule has 9 heteroatoms. The molecule has 3 heterocycles. The van der Waals surface area contributed by atoms with E-state index in [2.05, 4.69) is 27.9 Å². The van der Waals surface area contributed by atoms with E-state index in [0.29, 0.717) is 16.6 Å². The molecule has 2 atom stereocenters. The summed E-state index contributed by atoms with van der Waals surface area (Å²) >= 11 is 1.32. The number of carbonyl (C=O) groups excluding carboxylic acids is 2. The molecule has 0 bridgehead atoms. The molecule has 35 heavy (non-hydrogen) atoms. The van der Waals surface area contributed by atoms with Crippen LogP contribution in [0.5, 0.6) is 5.75 Å². The molecule has 8 nitrogen and oxygen atoms in total. The summed E-state index contributed by atoms with van der Waals surface area (Å²) in [6.45, 7) is 8.94. The van der Waals surface area contributed by atoms with E-state index in [1.54, 1.807) is 11.1 Å². The van der Waals surface area contributed by atoms with Crippen molar-refractivity contribution in [1.29, 1.82) is 0 Å². The number of hydrogen-bond acceptors (Lipinski definition) is 6. The van der Waals surface area contributed by atoms with Crippen LogP contribution >= 0.6 is 11.3 Å². The van der Waals surface area contributed by atoms with E-state index in [-0.39, 0.29) is 24.1 Å². The number of carbonyl (C=O) groups is 2. The highest BCUT2D eigenvalue weighted by atomic mass is 32.1. The second-order valence-corrected chi connectivity index (χ2v) is 10.4. The van der Waals surface area contributed by atoms with E-state index in [1.165, 1.54) is 11.3 Å². The molecule has 2 aliphatic rings. The highest BCUT2D eigenvalue weighted by Gasteiger charge is 2.34. The summed E-state index contributed by atoms with van der Waals surface area (Å²) in [5, 5.41) is 10.4. The molecule has 1 fully saturated rings. The maximum absolute atomic E-state index is 13.4. The number of anilines is 3. The summed E-state index contributed by atoms with van der Waals surface area (Å²) in [5.74, 6) is 0.605. The number of thiophene rings is 1. The van der Waals surface area contributed by atoms with Crippen LogP contribution in [0.2, 0.25) is 0 Å². The lowest BCUT2D eigenvalue weighted by atomic mass is 10.1. The molecule has 0 spiro atoms. The van der Waals surface area contributed by atoms with Crippen LogP contribution in [-0.4, -0.2) is 41.7 Å². The molecule has 3 amide bonds. The largest absolute Gasteiger partial charge is 0.491 e. The topological polar surface area (TPSA) is 95.6 Å². The number of nitrogens with one attached hydrogen (secondary N) is 3. The summed E-state index contributed by atoms with van der Waals surface area (Å²) in [4.78, 5) is 34.0. The Hall–Kier alpha value is -3.17. The third kappa shape index (κ3) is 4.46. The number of urea groups is 1. The van der Waals surface area contributed by atoms with E-state index >= 15 is 0 Å². The number of hydrogen-bond donors (Lipinski definition) is 3. The van der Waals surface area contributed by atoms with Gasteiger partial charge in [0.15, 0.2) is 0 Å². The predicted octanol–water partition coefficient (Wildman–Crippen LogP) is 5.34. The molecular formula is C26H31N5O3S. The lowest BCUT2D eigenvalue weighted by Crippen LogP contribution is -2.37. The Balaban J connectivity index is 1.47. The third-order valence-corrected chi connectivity index (χ3v) is 7.59. The van der Waals surface area contributed by atoms with Gasteiger partial charge in [0, 0.05) is 18.3 Å². The number of benzene rings is 1. The standard InChI is InChI=1S/C26H31N5O3S/c1-5-27-16-6-7-17(13-16)29-24(32)23-22-21-20(10-11-28-25(21)35-23)31(26(33)30-22)19-9-8-18(12-15(19)4)34-14(2)3/h8-12,14,16-17,27H,5-7,13H2,1-4H3,(H,29,32)(H,30,33)/t16-,17+/m1/s1. The molecule has 1 aliphatic heterocycles. The van der Waals surface area contributed by atoms with Crippen molar-refractivity contribution in [2.24, 2.45) is 0 Å². The molecule has 0 radical (unpaired) electrons. The molecule has 1 aromatic carbocycles. The SMILES string of the molecule is CCN[C@@H]1CC[C@H](NC(=O)c2sc3nccc4c3c2NC(=O)N4c2ccc(OC(C)C)cc2C)C1. The van der Waals surface area contributed by atoms with Crippen LogP contribution in [0.4, 0.5) is 21.9 Å². The average Bonchev–Trinajstić information content (AvgIpc) is 3.40. The number of aryl methyl sites for hydroxylation is 1. The Morgan fingerprint density at radius 2 is 2.06 bits per heavy atom. The zero-order valence-electron chi connectivity index (χ0n) is 20.5. The minimum Gasteiger partial charge on any atom is -0.491 e. The highest BCUT2D eigenvalue weighted by molar-refractivity contribution is 7.21. The Morgan fingerprint density at radius 3 is 2.80 bits per heavy atom. The molecule has 3 aromatic rings. The fourth-order valence-corrected chi connectivity index (χ4v) is 6.07. The van der Waals surface area contributed by atoms with Crippen molar-refractivity contribution < 1.29 is 14.3 Å². The van der Waals surface area contributed by atoms with Gasteiger partial charge in [-0.15, -0.1) is 11.3 Å². The van der Waals surface area contributed by atoms with Crippen LogP contribution in [0.15, 0.2) is 30.5 Å². The summed E-state index contributed by atoms with van der Waals surface area (Å²) in [5.41, 5.74) is 2.94. The van der Waals surface area contributed by atoms with Gasteiger partial charge in [0.25, 0.3) is 5.91 Å². The Labute approximate surface area is 209 Å². The fraction of sp³-hybridized carbons (Fsp3) is 0.423. The van der Waals surface area contributed by atoms with Crippen molar-refractivity contribution in [2.75, 3.05) is 16.8 Å². The number of aromatic nitrogens is 1. The van der Waals surface area contributed by atoms with E-state index in [9.17, 15) is 9.59 Å². The average molecular weight is 494 g/mol. The monoisotopic (exact) mass is 493 g/mol. The molecule has 0 saturated heterocycles. The normalized spacial score (nSPS) is 19.3. The molecule has 3 N–H and O–H groups in total. The minimum absolute atomic E-state index is 0.0642. The van der Waals surface area contributed by atoms with Crippen LogP contribution < -0.4 is 25.6 Å². The van der Waals surface area contributed by atoms with Gasteiger partial charge in [-0.3, -0.25) is 9.69 Å². The molecule has 1 saturated carbocycles. The van der Waals surface area contributed by atoms with E-state index < -0.39 is 0 Å². The van der Waals surface area contributed by atoms with Gasteiger partial charge in [0.1, 0.15) is 15.5 Å². The first-order valence-corrected chi connectivity index (χ1v) is 13.0. The van der Waals surface area contributed by atoms with E-state index in [1.807, 2.05) is 45.0 Å². The van der Waals surface area contributed by atoms with Crippen molar-refractivity contribution in [3.63, 3.8) is 0 Å². The van der Waals surface area contributed by atoms with Crippen LogP contribution in [0.1, 0.15) is 55.3 Å². The van der Waals surface area contributed by atoms with Crippen molar-refractivity contribution in [1.82, 2.24) is 15.6 Å². The summed E-state index contributed by atoms with van der Waals surface area (Å²) < 4.78 is 5.81. The van der Waals surface area contributed by atoms with Gasteiger partial charge in [-0.1, -0.05) is 6.92 Å². The first-order chi connectivity index (χ1) is 16.9. The second-order valence-electron chi connectivity index (χ2n) is 9.43. The molecule has 0 unspecified atom stereocenters. The van der Waals surface area contributed by atoms with Crippen LogP contribution in [0.25, 0.3) is 10.2 Å². The van der Waals surface area contributed by atoms with Crippen LogP contribution in [-0.2, 0) is 0 Å². The minimum atomic E-state index is -0.300. The van der Waals surface area contributed by atoms with Gasteiger partial charge in [-0.2, -0.15) is 0 Å². The third-order valence-electron chi connectivity index (χ3n) is 6.49. The van der Waals surface area contributed by atoms with Gasteiger partial charge >= 0.3 is 6.03 Å². The second kappa shape index (κ2) is 9.47. The van der Waals surface area contributed by atoms with Crippen LogP contribution in [0, 0.1) is 6.92 Å². The lowest BCUT2D eigenvalue weighted by Gasteiger charge is -2.29. The zero-order chi connectivity index (χ0) is 24.7. The molecular weight excluding hydrogens is 462 g/mol. The molecule has 184 valence electrons. The van der Waals surface area contributed by atoms with Gasteiger partial charge < -0.3 is 20.7 Å². The highest BCUT2D eigenvalue weighted by Crippen LogP contribution is 2.46. The first-order valence-electron chi connectivity index (χ1n) is 12.2. The smallest absolute Gasteiger partial charge is 0.331 e. The van der Waals surface area contributed by atoms with Crippen molar-refractivity contribution >= 4 is 50.6 Å². The molecule has 2 aromatic heterocycles. The maximum atomic E-state index is 13.4. The lowest BCUT2D eigenvalue weighted by molar-refractivity contribution is 0.0942. The predicted molar refractivity (Wildman–Crippen MR) is 140 cm³/mol. The zero-order valence-corrected chi connectivity index (χ0v) is 21.3. The quantitative estimate of drug-likeness (QED) is 0.413. The number of ether oxygens (including phenoxy) is 1.